The molecule has 1 aliphatic carbocycles. The van der Waals surface area contributed by atoms with Crippen LogP contribution < -0.4 is 5.32 Å². The smallest absolute Gasteiger partial charge is 0.266 e. The van der Waals surface area contributed by atoms with Gasteiger partial charge in [0.1, 0.15) is 11.8 Å². The molecular formula is C24H32N2O5. The van der Waals surface area contributed by atoms with Crippen molar-refractivity contribution in [2.75, 3.05) is 6.61 Å². The first-order chi connectivity index (χ1) is 15.0. The Hall–Kier alpha value is -2.70. The molecular weight excluding hydrogens is 396 g/mol. The Bertz CT molecular complexity index is 822. The number of nitrogens with zero attached hydrogens (tertiary/aromatic N) is 1. The summed E-state index contributed by atoms with van der Waals surface area (Å²) < 4.78 is 5.87. The van der Waals surface area contributed by atoms with Gasteiger partial charge in [-0.05, 0) is 31.8 Å². The lowest BCUT2D eigenvalue weighted by atomic mass is 9.82. The minimum Gasteiger partial charge on any atom is -0.493 e. The van der Waals surface area contributed by atoms with Crippen molar-refractivity contribution in [1.29, 1.82) is 0 Å². The minimum absolute atomic E-state index is 0.0833. The highest BCUT2D eigenvalue weighted by molar-refractivity contribution is 6.24. The van der Waals surface area contributed by atoms with Crippen LogP contribution in [0.25, 0.3) is 0 Å². The fourth-order valence-corrected chi connectivity index (χ4v) is 4.36. The van der Waals surface area contributed by atoms with Gasteiger partial charge in [0, 0.05) is 6.42 Å². The number of piperidine rings is 1. The van der Waals surface area contributed by atoms with Crippen molar-refractivity contribution in [3.8, 4) is 0 Å². The molecule has 0 spiro atoms. The van der Waals surface area contributed by atoms with Gasteiger partial charge in [-0.2, -0.15) is 0 Å². The summed E-state index contributed by atoms with van der Waals surface area (Å²) >= 11 is 0. The van der Waals surface area contributed by atoms with Gasteiger partial charge in [-0.1, -0.05) is 57.6 Å². The molecule has 31 heavy (non-hydrogen) atoms. The predicted octanol–water partition coefficient (Wildman–Crippen LogP) is 3.31. The molecule has 0 radical (unpaired) electrons. The largest absolute Gasteiger partial charge is 0.493 e. The number of rotatable bonds is 11. The fourth-order valence-electron chi connectivity index (χ4n) is 4.36. The minimum atomic E-state index is -1.00. The van der Waals surface area contributed by atoms with Gasteiger partial charge in [0.05, 0.1) is 17.8 Å². The number of carbonyl (C=O) groups excluding carboxylic acids is 4. The van der Waals surface area contributed by atoms with Crippen molar-refractivity contribution in [3.05, 3.63) is 35.6 Å². The molecule has 1 unspecified atom stereocenters. The molecule has 3 aliphatic rings. The van der Waals surface area contributed by atoms with Gasteiger partial charge in [0.15, 0.2) is 0 Å². The van der Waals surface area contributed by atoms with Gasteiger partial charge >= 0.3 is 0 Å². The number of unbranched alkanes of at least 4 members (excludes halogenated alkanes) is 3. The van der Waals surface area contributed by atoms with E-state index >= 15 is 0 Å². The molecule has 1 saturated heterocycles. The average Bonchev–Trinajstić information content (AvgIpc) is 2.95. The zero-order valence-corrected chi connectivity index (χ0v) is 18.3. The molecule has 0 aromatic rings. The molecule has 1 N–H and O–H groups in total. The van der Waals surface area contributed by atoms with Crippen molar-refractivity contribution < 1.29 is 23.9 Å². The van der Waals surface area contributed by atoms with Crippen molar-refractivity contribution in [3.63, 3.8) is 0 Å². The first-order valence-corrected chi connectivity index (χ1v) is 11.4. The third-order valence-corrected chi connectivity index (χ3v) is 6.37. The SMILES string of the molecule is C=CC1=C(/C(=C\C)OCCCCCCC2CCC2)C(=O)N(C2CCC(=O)NC2=O)C1=O. The van der Waals surface area contributed by atoms with Gasteiger partial charge in [0.2, 0.25) is 11.8 Å². The van der Waals surface area contributed by atoms with Gasteiger partial charge in [-0.25, -0.2) is 0 Å². The summed E-state index contributed by atoms with van der Waals surface area (Å²) in [7, 11) is 0. The van der Waals surface area contributed by atoms with Crippen LogP contribution in [0.2, 0.25) is 0 Å². The second-order valence-electron chi connectivity index (χ2n) is 8.44. The van der Waals surface area contributed by atoms with Crippen molar-refractivity contribution in [2.45, 2.75) is 77.2 Å². The molecule has 4 amide bonds. The number of hydrogen-bond donors (Lipinski definition) is 1. The average molecular weight is 429 g/mol. The topological polar surface area (TPSA) is 92.8 Å². The Morgan fingerprint density at radius 1 is 1.10 bits per heavy atom. The summed E-state index contributed by atoms with van der Waals surface area (Å²) in [6, 6.07) is -1.00. The zero-order chi connectivity index (χ0) is 22.4. The van der Waals surface area contributed by atoms with Gasteiger partial charge < -0.3 is 4.74 Å². The third kappa shape index (κ3) is 5.14. The summed E-state index contributed by atoms with van der Waals surface area (Å²) in [5.41, 5.74) is 0.264. The van der Waals surface area contributed by atoms with Crippen LogP contribution in [0, 0.1) is 5.92 Å². The normalized spacial score (nSPS) is 22.7. The number of hydrogen-bond acceptors (Lipinski definition) is 5. The summed E-state index contributed by atoms with van der Waals surface area (Å²) in [6.45, 7) is 5.87. The maximum absolute atomic E-state index is 13.1. The summed E-state index contributed by atoms with van der Waals surface area (Å²) in [4.78, 5) is 50.5. The lowest BCUT2D eigenvalue weighted by Gasteiger charge is -2.28. The van der Waals surface area contributed by atoms with Crippen molar-refractivity contribution >= 4 is 23.6 Å². The number of amides is 4. The van der Waals surface area contributed by atoms with E-state index in [1.165, 1.54) is 44.6 Å². The van der Waals surface area contributed by atoms with E-state index in [0.717, 1.165) is 23.7 Å². The molecule has 0 bridgehead atoms. The first-order valence-electron chi connectivity index (χ1n) is 11.4. The molecule has 0 aromatic heterocycles. The predicted molar refractivity (Wildman–Crippen MR) is 115 cm³/mol. The van der Waals surface area contributed by atoms with Crippen LogP contribution in [-0.2, 0) is 23.9 Å². The maximum Gasteiger partial charge on any atom is 0.266 e. The lowest BCUT2D eigenvalue weighted by Crippen LogP contribution is -2.54. The number of imide groups is 2. The van der Waals surface area contributed by atoms with Crippen LogP contribution in [-0.4, -0.2) is 41.2 Å². The second kappa shape index (κ2) is 10.6. The van der Waals surface area contributed by atoms with E-state index in [9.17, 15) is 19.2 Å². The van der Waals surface area contributed by atoms with Crippen LogP contribution in [0.3, 0.4) is 0 Å². The van der Waals surface area contributed by atoms with Gasteiger partial charge in [-0.3, -0.25) is 29.4 Å². The van der Waals surface area contributed by atoms with Crippen LogP contribution in [0.1, 0.15) is 71.1 Å². The Morgan fingerprint density at radius 3 is 2.45 bits per heavy atom. The lowest BCUT2D eigenvalue weighted by molar-refractivity contribution is -0.150. The number of ether oxygens (including phenoxy) is 1. The third-order valence-electron chi connectivity index (χ3n) is 6.37. The monoisotopic (exact) mass is 428 g/mol. The molecule has 7 nitrogen and oxygen atoms in total. The molecule has 1 saturated carbocycles. The quantitative estimate of drug-likeness (QED) is 0.310. The highest BCUT2D eigenvalue weighted by Crippen LogP contribution is 2.32. The summed E-state index contributed by atoms with van der Waals surface area (Å²) in [5, 5.41) is 2.20. The summed E-state index contributed by atoms with van der Waals surface area (Å²) in [5.74, 6) is -0.924. The first kappa shape index (κ1) is 23.0. The molecule has 7 heteroatoms. The number of nitrogens with one attached hydrogen (secondary N) is 1. The van der Waals surface area contributed by atoms with E-state index in [4.69, 9.17) is 4.74 Å². The summed E-state index contributed by atoms with van der Waals surface area (Å²) in [6.07, 6.45) is 13.0. The van der Waals surface area contributed by atoms with Crippen LogP contribution in [0.5, 0.6) is 0 Å². The zero-order valence-electron chi connectivity index (χ0n) is 18.3. The van der Waals surface area contributed by atoms with E-state index in [-0.39, 0.29) is 24.0 Å². The Balaban J connectivity index is 1.56. The van der Waals surface area contributed by atoms with Crippen LogP contribution in [0.15, 0.2) is 35.6 Å². The van der Waals surface area contributed by atoms with E-state index in [0.29, 0.717) is 12.4 Å². The Kier molecular flexibility index (Phi) is 7.82. The van der Waals surface area contributed by atoms with Crippen LogP contribution in [0.4, 0.5) is 0 Å². The Labute approximate surface area is 183 Å². The highest BCUT2D eigenvalue weighted by Gasteiger charge is 2.46. The number of allylic oxidation sites excluding steroid dienone is 1. The van der Waals surface area contributed by atoms with Gasteiger partial charge in [0.25, 0.3) is 11.8 Å². The van der Waals surface area contributed by atoms with E-state index in [1.54, 1.807) is 13.0 Å². The number of carbonyl (C=O) groups is 4. The van der Waals surface area contributed by atoms with E-state index < -0.39 is 29.7 Å². The molecule has 168 valence electrons. The fraction of sp³-hybridized carbons (Fsp3) is 0.583. The van der Waals surface area contributed by atoms with Crippen molar-refractivity contribution in [1.82, 2.24) is 10.2 Å². The molecule has 2 aliphatic heterocycles. The second-order valence-corrected chi connectivity index (χ2v) is 8.44. The van der Waals surface area contributed by atoms with E-state index in [1.807, 2.05) is 0 Å². The van der Waals surface area contributed by atoms with Crippen LogP contribution >= 0.6 is 0 Å². The molecule has 2 fully saturated rings. The van der Waals surface area contributed by atoms with Gasteiger partial charge in [-0.15, -0.1) is 0 Å². The molecule has 3 rings (SSSR count). The standard InChI is InChI=1S/C24H32N2O5/c1-3-17-21(19(4-2)31-15-8-6-5-7-10-16-11-9-12-16)24(30)26(23(17)29)18-13-14-20(27)25-22(18)28/h3-4,16,18H,1,5-15H2,2H3,(H,25,27,28)/b19-4+. The highest BCUT2D eigenvalue weighted by atomic mass is 16.5. The Morgan fingerprint density at radius 2 is 1.84 bits per heavy atom. The molecule has 0 aromatic carbocycles. The molecule has 2 heterocycles. The molecule has 1 atom stereocenters. The van der Waals surface area contributed by atoms with E-state index in [2.05, 4.69) is 11.9 Å². The maximum atomic E-state index is 13.1. The van der Waals surface area contributed by atoms with Crippen molar-refractivity contribution in [2.24, 2.45) is 5.92 Å².